The summed E-state index contributed by atoms with van der Waals surface area (Å²) >= 11 is 1.77. The number of rotatable bonds is 7. The van der Waals surface area contributed by atoms with Crippen molar-refractivity contribution in [3.05, 3.63) is 40.1 Å². The van der Waals surface area contributed by atoms with Crippen molar-refractivity contribution in [1.82, 2.24) is 14.9 Å². The Balaban J connectivity index is 2.04. The largest absolute Gasteiger partial charge is 0.348 e. The number of hydrogen-bond acceptors (Lipinski definition) is 3. The van der Waals surface area contributed by atoms with E-state index in [-0.39, 0.29) is 0 Å². The van der Waals surface area contributed by atoms with Crippen LogP contribution in [0.3, 0.4) is 0 Å². The molecule has 4 heteroatoms. The zero-order valence-corrected chi connectivity index (χ0v) is 13.7. The van der Waals surface area contributed by atoms with Crippen LogP contribution >= 0.6 is 11.3 Å². The van der Waals surface area contributed by atoms with Crippen LogP contribution in [0.4, 0.5) is 0 Å². The molecule has 1 N–H and O–H groups in total. The summed E-state index contributed by atoms with van der Waals surface area (Å²) < 4.78 is 2.23. The van der Waals surface area contributed by atoms with Crippen LogP contribution in [0, 0.1) is 0 Å². The van der Waals surface area contributed by atoms with E-state index in [0.717, 1.165) is 25.2 Å². The van der Waals surface area contributed by atoms with Gasteiger partial charge in [-0.25, -0.2) is 4.98 Å². The van der Waals surface area contributed by atoms with Crippen molar-refractivity contribution >= 4 is 11.3 Å². The summed E-state index contributed by atoms with van der Waals surface area (Å²) in [6.07, 6.45) is 5.51. The summed E-state index contributed by atoms with van der Waals surface area (Å²) in [4.78, 5) is 4.70. The Morgan fingerprint density at radius 2 is 2.15 bits per heavy atom. The van der Waals surface area contributed by atoms with Gasteiger partial charge in [0.05, 0.1) is 17.2 Å². The van der Waals surface area contributed by atoms with Crippen LogP contribution in [0.15, 0.2) is 23.8 Å². The molecule has 0 saturated carbocycles. The topological polar surface area (TPSA) is 29.9 Å². The lowest BCUT2D eigenvalue weighted by molar-refractivity contribution is 0.536. The monoisotopic (exact) mass is 291 g/mol. The third kappa shape index (κ3) is 3.70. The highest BCUT2D eigenvalue weighted by atomic mass is 32.1. The van der Waals surface area contributed by atoms with Crippen LogP contribution < -0.4 is 5.32 Å². The molecule has 1 unspecified atom stereocenters. The van der Waals surface area contributed by atoms with Crippen LogP contribution in [-0.4, -0.2) is 16.1 Å². The molecular formula is C16H25N3S. The van der Waals surface area contributed by atoms with Gasteiger partial charge in [0.1, 0.15) is 0 Å². The predicted octanol–water partition coefficient (Wildman–Crippen LogP) is 4.18. The number of nitrogens with one attached hydrogen (secondary N) is 1. The second-order valence-electron chi connectivity index (χ2n) is 5.47. The van der Waals surface area contributed by atoms with E-state index in [1.807, 2.05) is 0 Å². The highest BCUT2D eigenvalue weighted by molar-refractivity contribution is 7.09. The van der Waals surface area contributed by atoms with Crippen molar-refractivity contribution < 1.29 is 0 Å². The maximum Gasteiger partial charge on any atom is 0.0954 e. The van der Waals surface area contributed by atoms with Crippen molar-refractivity contribution in [3.63, 3.8) is 0 Å². The number of hydrogen-bond donors (Lipinski definition) is 1. The standard InChI is InChI=1S/C16H25N3S/c1-5-15(17-6-2)13-7-8-19(9-13)10-14-11-20-16(18-14)12(3)4/h7-9,11-12,15,17H,5-6,10H2,1-4H3. The van der Waals surface area contributed by atoms with Gasteiger partial charge in [-0.2, -0.15) is 0 Å². The fourth-order valence-corrected chi connectivity index (χ4v) is 3.18. The fraction of sp³-hybridized carbons (Fsp3) is 0.562. The van der Waals surface area contributed by atoms with Crippen LogP contribution in [0.2, 0.25) is 0 Å². The third-order valence-electron chi connectivity index (χ3n) is 3.44. The molecule has 3 nitrogen and oxygen atoms in total. The van der Waals surface area contributed by atoms with E-state index in [1.165, 1.54) is 10.6 Å². The molecule has 0 aliphatic heterocycles. The number of nitrogens with zero attached hydrogens (tertiary/aromatic N) is 2. The summed E-state index contributed by atoms with van der Waals surface area (Å²) in [6.45, 7) is 10.6. The van der Waals surface area contributed by atoms with Gasteiger partial charge in [0.15, 0.2) is 0 Å². The Morgan fingerprint density at radius 1 is 1.35 bits per heavy atom. The first kappa shape index (κ1) is 15.3. The van der Waals surface area contributed by atoms with E-state index in [2.05, 4.69) is 61.4 Å². The Bertz CT molecular complexity index is 527. The molecule has 0 aliphatic carbocycles. The quantitative estimate of drug-likeness (QED) is 0.829. The minimum Gasteiger partial charge on any atom is -0.348 e. The molecule has 1 atom stereocenters. The van der Waals surface area contributed by atoms with E-state index >= 15 is 0 Å². The smallest absolute Gasteiger partial charge is 0.0954 e. The first-order chi connectivity index (χ1) is 9.63. The average molecular weight is 291 g/mol. The van der Waals surface area contributed by atoms with Crippen LogP contribution in [0.5, 0.6) is 0 Å². The highest BCUT2D eigenvalue weighted by Gasteiger charge is 2.10. The Kier molecular flexibility index (Phi) is 5.38. The molecule has 110 valence electrons. The molecule has 0 aliphatic rings. The molecule has 0 aromatic carbocycles. The van der Waals surface area contributed by atoms with Crippen molar-refractivity contribution in [2.24, 2.45) is 0 Å². The summed E-state index contributed by atoms with van der Waals surface area (Å²) in [5.74, 6) is 0.521. The van der Waals surface area contributed by atoms with Crippen molar-refractivity contribution in [2.45, 2.75) is 52.6 Å². The molecule has 2 aromatic rings. The van der Waals surface area contributed by atoms with Crippen LogP contribution in [0.25, 0.3) is 0 Å². The van der Waals surface area contributed by atoms with Gasteiger partial charge in [-0.1, -0.05) is 27.7 Å². The Hall–Kier alpha value is -1.13. The summed E-state index contributed by atoms with van der Waals surface area (Å²) in [5.41, 5.74) is 2.53. The molecule has 2 heterocycles. The molecule has 0 amide bonds. The average Bonchev–Trinajstić information content (AvgIpc) is 3.06. The lowest BCUT2D eigenvalue weighted by Gasteiger charge is -2.13. The summed E-state index contributed by atoms with van der Waals surface area (Å²) in [7, 11) is 0. The van der Waals surface area contributed by atoms with Gasteiger partial charge >= 0.3 is 0 Å². The first-order valence-electron chi connectivity index (χ1n) is 7.47. The van der Waals surface area contributed by atoms with E-state index in [9.17, 15) is 0 Å². The molecular weight excluding hydrogens is 266 g/mol. The van der Waals surface area contributed by atoms with Crippen molar-refractivity contribution in [1.29, 1.82) is 0 Å². The zero-order valence-electron chi connectivity index (χ0n) is 12.9. The van der Waals surface area contributed by atoms with Gasteiger partial charge in [-0.05, 0) is 24.6 Å². The maximum atomic E-state index is 4.70. The van der Waals surface area contributed by atoms with Gasteiger partial charge in [-0.3, -0.25) is 0 Å². The molecule has 0 radical (unpaired) electrons. The van der Waals surface area contributed by atoms with Gasteiger partial charge < -0.3 is 9.88 Å². The predicted molar refractivity (Wildman–Crippen MR) is 86.4 cm³/mol. The lowest BCUT2D eigenvalue weighted by atomic mass is 10.1. The van der Waals surface area contributed by atoms with E-state index in [0.29, 0.717) is 12.0 Å². The summed E-state index contributed by atoms with van der Waals surface area (Å²) in [6, 6.07) is 2.68. The summed E-state index contributed by atoms with van der Waals surface area (Å²) in [5, 5.41) is 6.92. The van der Waals surface area contributed by atoms with Gasteiger partial charge in [0, 0.05) is 29.7 Å². The Labute approximate surface area is 126 Å². The number of thiazole rings is 1. The van der Waals surface area contributed by atoms with E-state index < -0.39 is 0 Å². The SMILES string of the molecule is CCNC(CC)c1ccn(Cc2csc(C(C)C)n2)c1. The highest BCUT2D eigenvalue weighted by Crippen LogP contribution is 2.21. The molecule has 20 heavy (non-hydrogen) atoms. The minimum atomic E-state index is 0.461. The Morgan fingerprint density at radius 3 is 2.75 bits per heavy atom. The van der Waals surface area contributed by atoms with Gasteiger partial charge in [-0.15, -0.1) is 11.3 Å². The van der Waals surface area contributed by atoms with Crippen LogP contribution in [0.1, 0.15) is 62.3 Å². The molecule has 0 spiro atoms. The molecule has 0 saturated heterocycles. The molecule has 0 bridgehead atoms. The molecule has 0 fully saturated rings. The van der Waals surface area contributed by atoms with Crippen molar-refractivity contribution in [3.8, 4) is 0 Å². The van der Waals surface area contributed by atoms with Gasteiger partial charge in [0.2, 0.25) is 0 Å². The second kappa shape index (κ2) is 7.04. The maximum absolute atomic E-state index is 4.70. The normalized spacial score (nSPS) is 13.1. The van der Waals surface area contributed by atoms with Crippen LogP contribution in [-0.2, 0) is 6.54 Å². The third-order valence-corrected chi connectivity index (χ3v) is 4.64. The second-order valence-corrected chi connectivity index (χ2v) is 6.36. The molecule has 2 aromatic heterocycles. The van der Waals surface area contributed by atoms with E-state index in [4.69, 9.17) is 4.98 Å². The minimum absolute atomic E-state index is 0.461. The van der Waals surface area contributed by atoms with E-state index in [1.54, 1.807) is 11.3 Å². The first-order valence-corrected chi connectivity index (χ1v) is 8.35. The van der Waals surface area contributed by atoms with Crippen molar-refractivity contribution in [2.75, 3.05) is 6.54 Å². The van der Waals surface area contributed by atoms with Gasteiger partial charge in [0.25, 0.3) is 0 Å². The molecule has 2 rings (SSSR count). The fourth-order valence-electron chi connectivity index (χ4n) is 2.36. The lowest BCUT2D eigenvalue weighted by Crippen LogP contribution is -2.19. The zero-order chi connectivity index (χ0) is 14.5. The number of aromatic nitrogens is 2.